The standard InChI is InChI=1S/C22H28FN3O2/c23-19-3-6-21(7-4-19)28-17-15-25-14-11-20-5-8-22(27)26(20)16-1-2-18-9-12-24-13-10-18/h3-4,6-7,9-10,12-13,20,25H,1-2,5,8,11,14-17H2/t20-/m1/s1. The van der Waals surface area contributed by atoms with Crippen LogP contribution in [0.1, 0.15) is 31.2 Å². The molecular formula is C22H28FN3O2. The molecule has 1 fully saturated rings. The summed E-state index contributed by atoms with van der Waals surface area (Å²) in [4.78, 5) is 18.3. The molecule has 1 aliphatic rings. The molecule has 0 aliphatic carbocycles. The molecule has 28 heavy (non-hydrogen) atoms. The maximum Gasteiger partial charge on any atom is 0.222 e. The van der Waals surface area contributed by atoms with Gasteiger partial charge in [0.25, 0.3) is 0 Å². The van der Waals surface area contributed by atoms with Crippen molar-refractivity contribution in [1.29, 1.82) is 0 Å². The number of benzene rings is 1. The smallest absolute Gasteiger partial charge is 0.222 e. The maximum absolute atomic E-state index is 12.8. The highest BCUT2D eigenvalue weighted by Crippen LogP contribution is 2.21. The quantitative estimate of drug-likeness (QED) is 0.604. The van der Waals surface area contributed by atoms with Gasteiger partial charge in [-0.25, -0.2) is 4.39 Å². The van der Waals surface area contributed by atoms with Gasteiger partial charge in [0, 0.05) is 37.9 Å². The minimum atomic E-state index is -0.262. The van der Waals surface area contributed by atoms with E-state index in [0.29, 0.717) is 24.8 Å². The highest BCUT2D eigenvalue weighted by atomic mass is 19.1. The molecule has 5 nitrogen and oxygen atoms in total. The van der Waals surface area contributed by atoms with E-state index in [2.05, 4.69) is 15.2 Å². The Morgan fingerprint density at radius 3 is 2.71 bits per heavy atom. The van der Waals surface area contributed by atoms with Crippen LogP contribution < -0.4 is 10.1 Å². The third-order valence-electron chi connectivity index (χ3n) is 5.08. The fourth-order valence-corrected chi connectivity index (χ4v) is 3.57. The molecule has 1 saturated heterocycles. The molecule has 1 aromatic carbocycles. The van der Waals surface area contributed by atoms with E-state index in [4.69, 9.17) is 4.74 Å². The Balaban J connectivity index is 1.30. The van der Waals surface area contributed by atoms with Crippen LogP contribution in [0.4, 0.5) is 4.39 Å². The van der Waals surface area contributed by atoms with Crippen LogP contribution in [-0.2, 0) is 11.2 Å². The Kier molecular flexibility index (Phi) is 7.79. The number of aryl methyl sites for hydroxylation is 1. The number of likely N-dealkylation sites (tertiary alicyclic amines) is 1. The van der Waals surface area contributed by atoms with Gasteiger partial charge in [-0.3, -0.25) is 9.78 Å². The highest BCUT2D eigenvalue weighted by molar-refractivity contribution is 5.78. The zero-order valence-corrected chi connectivity index (χ0v) is 16.1. The summed E-state index contributed by atoms with van der Waals surface area (Å²) >= 11 is 0. The third-order valence-corrected chi connectivity index (χ3v) is 5.08. The first kappa shape index (κ1) is 20.3. The summed E-state index contributed by atoms with van der Waals surface area (Å²) in [6, 6.07) is 10.4. The van der Waals surface area contributed by atoms with Gasteiger partial charge in [0.15, 0.2) is 0 Å². The van der Waals surface area contributed by atoms with Crippen molar-refractivity contribution in [2.45, 2.75) is 38.1 Å². The van der Waals surface area contributed by atoms with Crippen LogP contribution >= 0.6 is 0 Å². The number of ether oxygens (including phenoxy) is 1. The first-order chi connectivity index (χ1) is 13.7. The number of hydrogen-bond acceptors (Lipinski definition) is 4. The van der Waals surface area contributed by atoms with E-state index in [9.17, 15) is 9.18 Å². The molecule has 6 heteroatoms. The average molecular weight is 385 g/mol. The van der Waals surface area contributed by atoms with Gasteiger partial charge in [0.05, 0.1) is 0 Å². The highest BCUT2D eigenvalue weighted by Gasteiger charge is 2.29. The molecule has 1 aliphatic heterocycles. The van der Waals surface area contributed by atoms with Crippen molar-refractivity contribution in [2.24, 2.45) is 0 Å². The van der Waals surface area contributed by atoms with E-state index in [1.54, 1.807) is 12.1 Å². The molecule has 0 radical (unpaired) electrons. The van der Waals surface area contributed by atoms with Crippen LogP contribution in [-0.4, -0.2) is 48.1 Å². The molecule has 1 aromatic heterocycles. The third kappa shape index (κ3) is 6.30. The Morgan fingerprint density at radius 1 is 1.14 bits per heavy atom. The number of rotatable bonds is 11. The van der Waals surface area contributed by atoms with Gasteiger partial charge < -0.3 is 15.0 Å². The second-order valence-electron chi connectivity index (χ2n) is 7.08. The van der Waals surface area contributed by atoms with Crippen LogP contribution in [0, 0.1) is 5.82 Å². The SMILES string of the molecule is O=C1CC[C@H](CCNCCOc2ccc(F)cc2)N1CCCc1ccncc1. The Bertz CT molecular complexity index is 724. The Hall–Kier alpha value is -2.47. The summed E-state index contributed by atoms with van der Waals surface area (Å²) < 4.78 is 18.4. The molecule has 0 spiro atoms. The van der Waals surface area contributed by atoms with Crippen molar-refractivity contribution in [3.63, 3.8) is 0 Å². The summed E-state index contributed by atoms with van der Waals surface area (Å²) in [5.74, 6) is 0.686. The largest absolute Gasteiger partial charge is 0.492 e. The Labute approximate surface area is 165 Å². The molecule has 0 unspecified atom stereocenters. The Morgan fingerprint density at radius 2 is 1.93 bits per heavy atom. The lowest BCUT2D eigenvalue weighted by Crippen LogP contribution is -2.36. The van der Waals surface area contributed by atoms with Gasteiger partial charge in [-0.1, -0.05) is 0 Å². The monoisotopic (exact) mass is 385 g/mol. The number of aromatic nitrogens is 1. The number of hydrogen-bond donors (Lipinski definition) is 1. The minimum absolute atomic E-state index is 0.262. The predicted octanol–water partition coefficient (Wildman–Crippen LogP) is 3.20. The number of nitrogens with zero attached hydrogens (tertiary/aromatic N) is 2. The number of amides is 1. The molecule has 2 aromatic rings. The average Bonchev–Trinajstić information content (AvgIpc) is 3.06. The molecule has 150 valence electrons. The van der Waals surface area contributed by atoms with E-state index in [-0.39, 0.29) is 11.7 Å². The predicted molar refractivity (Wildman–Crippen MR) is 107 cm³/mol. The summed E-state index contributed by atoms with van der Waals surface area (Å²) in [5.41, 5.74) is 1.26. The molecule has 0 bridgehead atoms. The molecule has 3 rings (SSSR count). The van der Waals surface area contributed by atoms with E-state index in [1.807, 2.05) is 24.5 Å². The number of nitrogens with one attached hydrogen (secondary N) is 1. The lowest BCUT2D eigenvalue weighted by Gasteiger charge is -2.25. The zero-order chi connectivity index (χ0) is 19.6. The van der Waals surface area contributed by atoms with Gasteiger partial charge in [0.1, 0.15) is 18.2 Å². The summed E-state index contributed by atoms with van der Waals surface area (Å²) in [7, 11) is 0. The van der Waals surface area contributed by atoms with Crippen molar-refractivity contribution < 1.29 is 13.9 Å². The van der Waals surface area contributed by atoms with Crippen molar-refractivity contribution in [1.82, 2.24) is 15.2 Å². The second-order valence-corrected chi connectivity index (χ2v) is 7.08. The summed E-state index contributed by atoms with van der Waals surface area (Å²) in [6.07, 6.45) is 8.13. The van der Waals surface area contributed by atoms with Crippen molar-refractivity contribution in [3.05, 3.63) is 60.2 Å². The zero-order valence-electron chi connectivity index (χ0n) is 16.1. The maximum atomic E-state index is 12.8. The van der Waals surface area contributed by atoms with Crippen LogP contribution in [0.2, 0.25) is 0 Å². The van der Waals surface area contributed by atoms with Gasteiger partial charge >= 0.3 is 0 Å². The van der Waals surface area contributed by atoms with Crippen LogP contribution in [0.3, 0.4) is 0 Å². The van der Waals surface area contributed by atoms with Gasteiger partial charge in [-0.2, -0.15) is 0 Å². The fraction of sp³-hybridized carbons (Fsp3) is 0.455. The summed E-state index contributed by atoms with van der Waals surface area (Å²) in [6.45, 7) is 2.93. The molecule has 1 N–H and O–H groups in total. The van der Waals surface area contributed by atoms with Crippen LogP contribution in [0.25, 0.3) is 0 Å². The topological polar surface area (TPSA) is 54.5 Å². The normalized spacial score (nSPS) is 16.5. The molecule has 1 amide bonds. The molecular weight excluding hydrogens is 357 g/mol. The fourth-order valence-electron chi connectivity index (χ4n) is 3.57. The number of carbonyl (C=O) groups is 1. The first-order valence-electron chi connectivity index (χ1n) is 10.00. The second kappa shape index (κ2) is 10.8. The van der Waals surface area contributed by atoms with Crippen molar-refractivity contribution in [2.75, 3.05) is 26.2 Å². The van der Waals surface area contributed by atoms with E-state index in [0.717, 1.165) is 45.3 Å². The molecule has 2 heterocycles. The lowest BCUT2D eigenvalue weighted by atomic mass is 10.1. The van der Waals surface area contributed by atoms with Gasteiger partial charge in [0.2, 0.25) is 5.91 Å². The van der Waals surface area contributed by atoms with Gasteiger partial charge in [-0.05, 0) is 74.2 Å². The minimum Gasteiger partial charge on any atom is -0.492 e. The number of pyridine rings is 1. The molecule has 0 saturated carbocycles. The van der Waals surface area contributed by atoms with E-state index < -0.39 is 0 Å². The van der Waals surface area contributed by atoms with E-state index in [1.165, 1.54) is 17.7 Å². The van der Waals surface area contributed by atoms with Gasteiger partial charge in [-0.15, -0.1) is 0 Å². The summed E-state index contributed by atoms with van der Waals surface area (Å²) in [5, 5.41) is 3.37. The number of carbonyl (C=O) groups excluding carboxylic acids is 1. The van der Waals surface area contributed by atoms with E-state index >= 15 is 0 Å². The first-order valence-corrected chi connectivity index (χ1v) is 10.00. The van der Waals surface area contributed by atoms with Crippen molar-refractivity contribution in [3.8, 4) is 5.75 Å². The lowest BCUT2D eigenvalue weighted by molar-refractivity contribution is -0.129. The van der Waals surface area contributed by atoms with Crippen molar-refractivity contribution >= 4 is 5.91 Å². The number of halogens is 1. The van der Waals surface area contributed by atoms with Crippen LogP contribution in [0.15, 0.2) is 48.8 Å². The molecule has 1 atom stereocenters. The van der Waals surface area contributed by atoms with Crippen LogP contribution in [0.5, 0.6) is 5.75 Å².